The predicted molar refractivity (Wildman–Crippen MR) is 73.9 cm³/mol. The summed E-state index contributed by atoms with van der Waals surface area (Å²) in [6, 6.07) is 10.9. The quantitative estimate of drug-likeness (QED) is 0.898. The van der Waals surface area contributed by atoms with Crippen molar-refractivity contribution in [3.63, 3.8) is 0 Å². The molecule has 1 aromatic heterocycles. The third-order valence-corrected chi connectivity index (χ3v) is 3.68. The van der Waals surface area contributed by atoms with Crippen LogP contribution in [-0.4, -0.2) is 24.2 Å². The average Bonchev–Trinajstić information content (AvgIpc) is 2.33. The van der Waals surface area contributed by atoms with Gasteiger partial charge in [-0.15, -0.1) is 0 Å². The standard InChI is InChI=1S/C15H18N2O/c1-10-7-11-5-3-4-6-14(11)17-15(10)16-12-8-13(9-12)18-2/h3-7,12-13H,8-9H2,1-2H3,(H,16,17). The molecular weight excluding hydrogens is 224 g/mol. The molecule has 3 heteroatoms. The number of anilines is 1. The molecule has 0 amide bonds. The fourth-order valence-corrected chi connectivity index (χ4v) is 2.44. The van der Waals surface area contributed by atoms with Gasteiger partial charge in [0.1, 0.15) is 5.82 Å². The Morgan fingerprint density at radius 3 is 2.83 bits per heavy atom. The van der Waals surface area contributed by atoms with Gasteiger partial charge in [-0.25, -0.2) is 4.98 Å². The van der Waals surface area contributed by atoms with E-state index in [1.54, 1.807) is 7.11 Å². The zero-order valence-corrected chi connectivity index (χ0v) is 10.8. The van der Waals surface area contributed by atoms with Crippen LogP contribution < -0.4 is 5.32 Å². The Balaban J connectivity index is 1.81. The molecule has 0 spiro atoms. The van der Waals surface area contributed by atoms with Crippen molar-refractivity contribution < 1.29 is 4.74 Å². The highest BCUT2D eigenvalue weighted by molar-refractivity contribution is 5.81. The molecule has 1 N–H and O–H groups in total. The van der Waals surface area contributed by atoms with E-state index < -0.39 is 0 Å². The predicted octanol–water partition coefficient (Wildman–Crippen LogP) is 3.13. The Kier molecular flexibility index (Phi) is 2.92. The van der Waals surface area contributed by atoms with Crippen LogP contribution >= 0.6 is 0 Å². The van der Waals surface area contributed by atoms with E-state index in [2.05, 4.69) is 30.4 Å². The topological polar surface area (TPSA) is 34.1 Å². The molecule has 0 radical (unpaired) electrons. The molecule has 2 aromatic rings. The van der Waals surface area contributed by atoms with Crippen molar-refractivity contribution in [2.24, 2.45) is 0 Å². The number of para-hydroxylation sites is 1. The number of pyridine rings is 1. The molecule has 1 aromatic carbocycles. The summed E-state index contributed by atoms with van der Waals surface area (Å²) in [6.07, 6.45) is 2.57. The normalized spacial score (nSPS) is 22.8. The number of nitrogens with zero attached hydrogens (tertiary/aromatic N) is 1. The minimum atomic E-state index is 0.420. The van der Waals surface area contributed by atoms with E-state index >= 15 is 0 Å². The third-order valence-electron chi connectivity index (χ3n) is 3.68. The van der Waals surface area contributed by atoms with E-state index in [1.807, 2.05) is 12.1 Å². The number of nitrogens with one attached hydrogen (secondary N) is 1. The molecule has 3 nitrogen and oxygen atoms in total. The molecule has 3 rings (SSSR count). The molecule has 1 aliphatic carbocycles. The fraction of sp³-hybridized carbons (Fsp3) is 0.400. The molecule has 1 aliphatic rings. The molecule has 0 aliphatic heterocycles. The smallest absolute Gasteiger partial charge is 0.129 e. The largest absolute Gasteiger partial charge is 0.381 e. The van der Waals surface area contributed by atoms with E-state index in [9.17, 15) is 0 Å². The summed E-state index contributed by atoms with van der Waals surface area (Å²) in [4.78, 5) is 4.70. The summed E-state index contributed by atoms with van der Waals surface area (Å²) in [5, 5.41) is 4.71. The van der Waals surface area contributed by atoms with Gasteiger partial charge in [-0.2, -0.15) is 0 Å². The van der Waals surface area contributed by atoms with Gasteiger partial charge in [0.2, 0.25) is 0 Å². The molecule has 0 atom stereocenters. The first kappa shape index (κ1) is 11.5. The summed E-state index contributed by atoms with van der Waals surface area (Å²) >= 11 is 0. The molecular formula is C15H18N2O. The van der Waals surface area contributed by atoms with Crippen molar-refractivity contribution in [1.29, 1.82) is 0 Å². The van der Waals surface area contributed by atoms with Gasteiger partial charge < -0.3 is 10.1 Å². The van der Waals surface area contributed by atoms with Crippen LogP contribution in [0, 0.1) is 6.92 Å². The minimum Gasteiger partial charge on any atom is -0.381 e. The molecule has 1 fully saturated rings. The van der Waals surface area contributed by atoms with Crippen LogP contribution in [0.4, 0.5) is 5.82 Å². The van der Waals surface area contributed by atoms with Crippen LogP contribution in [-0.2, 0) is 4.74 Å². The number of hydrogen-bond acceptors (Lipinski definition) is 3. The number of rotatable bonds is 3. The monoisotopic (exact) mass is 242 g/mol. The van der Waals surface area contributed by atoms with Gasteiger partial charge in [-0.1, -0.05) is 18.2 Å². The zero-order chi connectivity index (χ0) is 12.5. The SMILES string of the molecule is COC1CC(Nc2nc3ccccc3cc2C)C1. The molecule has 0 saturated heterocycles. The molecule has 18 heavy (non-hydrogen) atoms. The molecule has 1 heterocycles. The highest BCUT2D eigenvalue weighted by atomic mass is 16.5. The van der Waals surface area contributed by atoms with E-state index in [0.717, 1.165) is 24.2 Å². The Morgan fingerprint density at radius 2 is 2.06 bits per heavy atom. The summed E-state index contributed by atoms with van der Waals surface area (Å²) < 4.78 is 5.29. The van der Waals surface area contributed by atoms with Gasteiger partial charge in [-0.3, -0.25) is 0 Å². The fourth-order valence-electron chi connectivity index (χ4n) is 2.44. The summed E-state index contributed by atoms with van der Waals surface area (Å²) in [7, 11) is 1.78. The maximum absolute atomic E-state index is 5.29. The Hall–Kier alpha value is -1.61. The molecule has 1 saturated carbocycles. The molecule has 94 valence electrons. The van der Waals surface area contributed by atoms with Gasteiger partial charge in [0.15, 0.2) is 0 Å². The lowest BCUT2D eigenvalue weighted by Crippen LogP contribution is -2.40. The first-order valence-corrected chi connectivity index (χ1v) is 6.42. The van der Waals surface area contributed by atoms with Crippen LogP contribution in [0.15, 0.2) is 30.3 Å². The van der Waals surface area contributed by atoms with E-state index in [1.165, 1.54) is 10.9 Å². The number of aryl methyl sites for hydroxylation is 1. The van der Waals surface area contributed by atoms with Crippen molar-refractivity contribution in [2.45, 2.75) is 31.9 Å². The van der Waals surface area contributed by atoms with Crippen LogP contribution in [0.5, 0.6) is 0 Å². The van der Waals surface area contributed by atoms with Crippen molar-refractivity contribution in [1.82, 2.24) is 4.98 Å². The van der Waals surface area contributed by atoms with Crippen molar-refractivity contribution in [2.75, 3.05) is 12.4 Å². The molecule has 0 bridgehead atoms. The lowest BCUT2D eigenvalue weighted by Gasteiger charge is -2.35. The lowest BCUT2D eigenvalue weighted by molar-refractivity contribution is 0.0328. The maximum atomic E-state index is 5.29. The highest BCUT2D eigenvalue weighted by Gasteiger charge is 2.29. The number of fused-ring (bicyclic) bond motifs is 1. The highest BCUT2D eigenvalue weighted by Crippen LogP contribution is 2.28. The Bertz CT molecular complexity index is 561. The second kappa shape index (κ2) is 4.58. The van der Waals surface area contributed by atoms with Gasteiger partial charge in [0.05, 0.1) is 11.6 Å². The van der Waals surface area contributed by atoms with Crippen molar-refractivity contribution in [3.8, 4) is 0 Å². The van der Waals surface area contributed by atoms with E-state index in [4.69, 9.17) is 9.72 Å². The maximum Gasteiger partial charge on any atom is 0.129 e. The van der Waals surface area contributed by atoms with E-state index in [0.29, 0.717) is 12.1 Å². The van der Waals surface area contributed by atoms with Gasteiger partial charge in [-0.05, 0) is 37.5 Å². The molecule has 0 unspecified atom stereocenters. The van der Waals surface area contributed by atoms with Crippen molar-refractivity contribution in [3.05, 3.63) is 35.9 Å². The Morgan fingerprint density at radius 1 is 1.28 bits per heavy atom. The number of aromatic nitrogens is 1. The first-order valence-electron chi connectivity index (χ1n) is 6.42. The summed E-state index contributed by atoms with van der Waals surface area (Å²) in [6.45, 7) is 2.11. The van der Waals surface area contributed by atoms with Crippen LogP contribution in [0.25, 0.3) is 10.9 Å². The summed E-state index contributed by atoms with van der Waals surface area (Å²) in [5.74, 6) is 1.01. The second-order valence-electron chi connectivity index (χ2n) is 5.02. The van der Waals surface area contributed by atoms with E-state index in [-0.39, 0.29) is 0 Å². The van der Waals surface area contributed by atoms with Crippen LogP contribution in [0.3, 0.4) is 0 Å². The zero-order valence-electron chi connectivity index (χ0n) is 10.8. The minimum absolute atomic E-state index is 0.420. The second-order valence-corrected chi connectivity index (χ2v) is 5.02. The Labute approximate surface area is 107 Å². The number of hydrogen-bond donors (Lipinski definition) is 1. The first-order chi connectivity index (χ1) is 8.76. The van der Waals surface area contributed by atoms with Crippen LogP contribution in [0.2, 0.25) is 0 Å². The van der Waals surface area contributed by atoms with Gasteiger partial charge in [0, 0.05) is 18.5 Å². The van der Waals surface area contributed by atoms with Crippen molar-refractivity contribution >= 4 is 16.7 Å². The van der Waals surface area contributed by atoms with Crippen LogP contribution in [0.1, 0.15) is 18.4 Å². The summed E-state index contributed by atoms with van der Waals surface area (Å²) in [5.41, 5.74) is 2.25. The number of ether oxygens (including phenoxy) is 1. The van der Waals surface area contributed by atoms with Gasteiger partial charge in [0.25, 0.3) is 0 Å². The lowest BCUT2D eigenvalue weighted by atomic mass is 9.89. The number of methoxy groups -OCH3 is 1. The average molecular weight is 242 g/mol. The third kappa shape index (κ3) is 2.06. The number of benzene rings is 1. The van der Waals surface area contributed by atoms with Gasteiger partial charge >= 0.3 is 0 Å².